The number of aliphatic hydroxyl groups is 5. The average Bonchev–Trinajstić information content (AvgIpc) is 2.69. The molecule has 0 bridgehead atoms. The zero-order valence-corrected chi connectivity index (χ0v) is 16.6. The van der Waals surface area contributed by atoms with Crippen molar-refractivity contribution in [2.24, 2.45) is 0 Å². The molecule has 0 saturated carbocycles. The van der Waals surface area contributed by atoms with Crippen molar-refractivity contribution in [3.05, 3.63) is 64.2 Å². The Hall–Kier alpha value is -1.71. The van der Waals surface area contributed by atoms with Crippen LogP contribution < -0.4 is 4.74 Å². The standard InChI is InChI=1S/C21H25ClO7/c1-2-28-14-6-3-11(4-7-14)9-13-10-12(5-8-15(13)22)19-17(24)16(23)18(25)20(29-19)21(26)27/h3-8,10,16-21,23-27H,2,9H2,1H3/t16-,17-,18+,19+,20?/m1/s1. The summed E-state index contributed by atoms with van der Waals surface area (Å²) in [6, 6.07) is 12.6. The van der Waals surface area contributed by atoms with Gasteiger partial charge in [-0.25, -0.2) is 0 Å². The predicted octanol–water partition coefficient (Wildman–Crippen LogP) is 1.16. The van der Waals surface area contributed by atoms with Gasteiger partial charge in [-0.15, -0.1) is 0 Å². The molecule has 2 aromatic carbocycles. The maximum absolute atomic E-state index is 10.3. The fourth-order valence-corrected chi connectivity index (χ4v) is 3.61. The van der Waals surface area contributed by atoms with Crippen LogP contribution in [0.2, 0.25) is 5.02 Å². The van der Waals surface area contributed by atoms with E-state index in [0.29, 0.717) is 23.6 Å². The number of hydrogen-bond donors (Lipinski definition) is 5. The first-order valence-electron chi connectivity index (χ1n) is 9.37. The monoisotopic (exact) mass is 424 g/mol. The summed E-state index contributed by atoms with van der Waals surface area (Å²) < 4.78 is 10.9. The van der Waals surface area contributed by atoms with Crippen LogP contribution in [0.3, 0.4) is 0 Å². The number of hydrogen-bond acceptors (Lipinski definition) is 7. The van der Waals surface area contributed by atoms with E-state index in [0.717, 1.165) is 16.9 Å². The van der Waals surface area contributed by atoms with Crippen LogP contribution in [0.25, 0.3) is 0 Å². The first kappa shape index (κ1) is 22.0. The molecule has 5 N–H and O–H groups in total. The molecule has 7 nitrogen and oxygen atoms in total. The van der Waals surface area contributed by atoms with Crippen molar-refractivity contribution < 1.29 is 35.0 Å². The molecule has 1 unspecified atom stereocenters. The maximum atomic E-state index is 10.3. The van der Waals surface area contributed by atoms with Crippen molar-refractivity contribution in [2.45, 2.75) is 50.2 Å². The highest BCUT2D eigenvalue weighted by Crippen LogP contribution is 2.35. The zero-order valence-electron chi connectivity index (χ0n) is 15.9. The van der Waals surface area contributed by atoms with Gasteiger partial charge in [-0.2, -0.15) is 0 Å². The van der Waals surface area contributed by atoms with E-state index >= 15 is 0 Å². The molecule has 1 aliphatic rings. The number of halogens is 1. The molecule has 3 rings (SSSR count). The van der Waals surface area contributed by atoms with Gasteiger partial charge in [0.2, 0.25) is 0 Å². The number of aliphatic hydroxyl groups excluding tert-OH is 4. The summed E-state index contributed by atoms with van der Waals surface area (Å²) in [4.78, 5) is 0. The molecule has 0 radical (unpaired) electrons. The first-order chi connectivity index (χ1) is 13.8. The van der Waals surface area contributed by atoms with Crippen LogP contribution in [0, 0.1) is 0 Å². The van der Waals surface area contributed by atoms with Crippen molar-refractivity contribution in [1.29, 1.82) is 0 Å². The second-order valence-electron chi connectivity index (χ2n) is 7.01. The summed E-state index contributed by atoms with van der Waals surface area (Å²) >= 11 is 6.34. The first-order valence-corrected chi connectivity index (χ1v) is 9.75. The smallest absolute Gasteiger partial charge is 0.181 e. The van der Waals surface area contributed by atoms with Gasteiger partial charge >= 0.3 is 0 Å². The highest BCUT2D eigenvalue weighted by molar-refractivity contribution is 6.31. The fraction of sp³-hybridized carbons (Fsp3) is 0.429. The fourth-order valence-electron chi connectivity index (χ4n) is 3.43. The van der Waals surface area contributed by atoms with Crippen LogP contribution in [0.1, 0.15) is 29.7 Å². The van der Waals surface area contributed by atoms with Gasteiger partial charge in [0.15, 0.2) is 6.29 Å². The molecular weight excluding hydrogens is 400 g/mol. The number of ether oxygens (including phenoxy) is 2. The van der Waals surface area contributed by atoms with Crippen molar-refractivity contribution in [3.63, 3.8) is 0 Å². The summed E-state index contributed by atoms with van der Waals surface area (Å²) in [7, 11) is 0. The molecule has 29 heavy (non-hydrogen) atoms. The molecule has 0 amide bonds. The Morgan fingerprint density at radius 1 is 1.00 bits per heavy atom. The largest absolute Gasteiger partial charge is 0.494 e. The Bertz CT molecular complexity index is 811. The SMILES string of the molecule is CCOc1ccc(Cc2cc([C@@H]3OC(C(O)O)[C@@H](O)[C@H](O)[C@H]3O)ccc2Cl)cc1. The van der Waals surface area contributed by atoms with Gasteiger partial charge in [0.1, 0.15) is 36.3 Å². The van der Waals surface area contributed by atoms with Gasteiger partial charge in [0.05, 0.1) is 6.61 Å². The van der Waals surface area contributed by atoms with E-state index in [-0.39, 0.29) is 0 Å². The summed E-state index contributed by atoms with van der Waals surface area (Å²) in [5, 5.41) is 49.7. The second kappa shape index (κ2) is 9.40. The molecule has 1 aliphatic heterocycles. The van der Waals surface area contributed by atoms with Crippen molar-refractivity contribution in [1.82, 2.24) is 0 Å². The molecule has 0 spiro atoms. The highest BCUT2D eigenvalue weighted by atomic mass is 35.5. The summed E-state index contributed by atoms with van der Waals surface area (Å²) in [6.45, 7) is 2.50. The highest BCUT2D eigenvalue weighted by Gasteiger charge is 2.46. The van der Waals surface area contributed by atoms with Gasteiger partial charge in [-0.1, -0.05) is 35.9 Å². The van der Waals surface area contributed by atoms with Gasteiger partial charge in [-0.3, -0.25) is 0 Å². The van der Waals surface area contributed by atoms with E-state index in [1.54, 1.807) is 18.2 Å². The number of rotatable bonds is 6. The lowest BCUT2D eigenvalue weighted by molar-refractivity contribution is -0.275. The molecule has 8 heteroatoms. The third-order valence-electron chi connectivity index (χ3n) is 4.97. The number of benzene rings is 2. The predicted molar refractivity (Wildman–Crippen MR) is 106 cm³/mol. The molecule has 0 aliphatic carbocycles. The third kappa shape index (κ3) is 4.90. The Balaban J connectivity index is 1.84. The van der Waals surface area contributed by atoms with Crippen LogP contribution in [0.4, 0.5) is 0 Å². The maximum Gasteiger partial charge on any atom is 0.181 e. The van der Waals surface area contributed by atoms with Crippen LogP contribution in [-0.4, -0.2) is 62.8 Å². The van der Waals surface area contributed by atoms with Crippen LogP contribution in [0.15, 0.2) is 42.5 Å². The van der Waals surface area contributed by atoms with Gasteiger partial charge in [0, 0.05) is 5.02 Å². The lowest BCUT2D eigenvalue weighted by Gasteiger charge is -2.41. The summed E-state index contributed by atoms with van der Waals surface area (Å²) in [6.07, 6.45) is -8.67. The third-order valence-corrected chi connectivity index (χ3v) is 5.34. The van der Waals surface area contributed by atoms with Crippen molar-refractivity contribution >= 4 is 11.6 Å². The lowest BCUT2D eigenvalue weighted by Crippen LogP contribution is -2.57. The Kier molecular flexibility index (Phi) is 7.13. The Morgan fingerprint density at radius 2 is 1.69 bits per heavy atom. The lowest BCUT2D eigenvalue weighted by atomic mass is 9.89. The molecule has 158 valence electrons. The molecule has 1 saturated heterocycles. The quantitative estimate of drug-likeness (QED) is 0.441. The summed E-state index contributed by atoms with van der Waals surface area (Å²) in [5.74, 6) is 0.774. The minimum absolute atomic E-state index is 0.499. The van der Waals surface area contributed by atoms with Crippen molar-refractivity contribution in [3.8, 4) is 5.75 Å². The van der Waals surface area contributed by atoms with Gasteiger partial charge < -0.3 is 35.0 Å². The minimum atomic E-state index is -2.01. The molecule has 1 fully saturated rings. The second-order valence-corrected chi connectivity index (χ2v) is 7.42. The van der Waals surface area contributed by atoms with E-state index in [4.69, 9.17) is 21.1 Å². The molecule has 2 aromatic rings. The van der Waals surface area contributed by atoms with Gasteiger partial charge in [-0.05, 0) is 48.2 Å². The van der Waals surface area contributed by atoms with E-state index in [9.17, 15) is 25.5 Å². The topological polar surface area (TPSA) is 120 Å². The van der Waals surface area contributed by atoms with Crippen molar-refractivity contribution in [2.75, 3.05) is 6.61 Å². The van der Waals surface area contributed by atoms with E-state index < -0.39 is 36.8 Å². The molecule has 0 aromatic heterocycles. The minimum Gasteiger partial charge on any atom is -0.494 e. The Morgan fingerprint density at radius 3 is 2.31 bits per heavy atom. The van der Waals surface area contributed by atoms with Crippen LogP contribution in [0.5, 0.6) is 5.75 Å². The molecular formula is C21H25ClO7. The zero-order chi connectivity index (χ0) is 21.1. The van der Waals surface area contributed by atoms with E-state index in [2.05, 4.69) is 0 Å². The average molecular weight is 425 g/mol. The van der Waals surface area contributed by atoms with Crippen LogP contribution in [-0.2, 0) is 11.2 Å². The molecule has 1 heterocycles. The normalized spacial score (nSPS) is 27.2. The molecule has 5 atom stereocenters. The van der Waals surface area contributed by atoms with Crippen LogP contribution >= 0.6 is 11.6 Å². The summed E-state index contributed by atoms with van der Waals surface area (Å²) in [5.41, 5.74) is 2.27. The Labute approximate surface area is 173 Å². The van der Waals surface area contributed by atoms with E-state index in [1.165, 1.54) is 0 Å². The van der Waals surface area contributed by atoms with Gasteiger partial charge in [0.25, 0.3) is 0 Å². The van der Waals surface area contributed by atoms with E-state index in [1.807, 2.05) is 31.2 Å².